The molecule has 0 aliphatic carbocycles. The first-order valence-corrected chi connectivity index (χ1v) is 9.19. The molecule has 2 aliphatic rings. The van der Waals surface area contributed by atoms with Crippen LogP contribution in [-0.2, 0) is 34.0 Å². The SMILES string of the molecule is COCC(=O)N1CCC2(CC1)Cn1nnc(COc3ccccc3)c1CO2. The van der Waals surface area contributed by atoms with Crippen LogP contribution in [0.5, 0.6) is 5.75 Å². The highest BCUT2D eigenvalue weighted by Crippen LogP contribution is 2.33. The van der Waals surface area contributed by atoms with Crippen LogP contribution in [-0.4, -0.2) is 58.2 Å². The van der Waals surface area contributed by atoms with Gasteiger partial charge in [0.1, 0.15) is 24.7 Å². The Morgan fingerprint density at radius 3 is 2.78 bits per heavy atom. The molecule has 1 saturated heterocycles. The second-order valence-corrected chi connectivity index (χ2v) is 7.03. The van der Waals surface area contributed by atoms with Gasteiger partial charge in [0, 0.05) is 20.2 Å². The van der Waals surface area contributed by atoms with Gasteiger partial charge in [0.25, 0.3) is 0 Å². The van der Waals surface area contributed by atoms with Gasteiger partial charge in [-0.2, -0.15) is 0 Å². The summed E-state index contributed by atoms with van der Waals surface area (Å²) in [5.41, 5.74) is 1.50. The molecule has 2 aromatic rings. The molecule has 0 saturated carbocycles. The minimum Gasteiger partial charge on any atom is -0.487 e. The lowest BCUT2D eigenvalue weighted by atomic mass is 9.90. The molecule has 0 bridgehead atoms. The van der Waals surface area contributed by atoms with Gasteiger partial charge in [-0.1, -0.05) is 23.4 Å². The van der Waals surface area contributed by atoms with Crippen LogP contribution >= 0.6 is 0 Å². The van der Waals surface area contributed by atoms with Gasteiger partial charge in [0.15, 0.2) is 0 Å². The molecular formula is C19H24N4O4. The molecule has 1 spiro atoms. The van der Waals surface area contributed by atoms with Crippen molar-refractivity contribution in [2.75, 3.05) is 26.8 Å². The van der Waals surface area contributed by atoms with E-state index in [1.165, 1.54) is 0 Å². The van der Waals surface area contributed by atoms with Crippen molar-refractivity contribution in [3.05, 3.63) is 41.7 Å². The van der Waals surface area contributed by atoms with Crippen molar-refractivity contribution in [2.24, 2.45) is 0 Å². The molecule has 0 unspecified atom stereocenters. The van der Waals surface area contributed by atoms with Crippen molar-refractivity contribution >= 4 is 5.91 Å². The van der Waals surface area contributed by atoms with Crippen LogP contribution < -0.4 is 4.74 Å². The third kappa shape index (κ3) is 3.81. The Kier molecular flexibility index (Phi) is 5.09. The van der Waals surface area contributed by atoms with Gasteiger partial charge in [-0.15, -0.1) is 5.10 Å². The number of ether oxygens (including phenoxy) is 3. The Balaban J connectivity index is 1.37. The van der Waals surface area contributed by atoms with Gasteiger partial charge in [-0.3, -0.25) is 4.79 Å². The molecule has 8 nitrogen and oxygen atoms in total. The molecule has 8 heteroatoms. The molecule has 2 aliphatic heterocycles. The first-order chi connectivity index (χ1) is 13.2. The summed E-state index contributed by atoms with van der Waals surface area (Å²) in [4.78, 5) is 13.8. The summed E-state index contributed by atoms with van der Waals surface area (Å²) in [5, 5.41) is 8.59. The second kappa shape index (κ2) is 7.66. The highest BCUT2D eigenvalue weighted by atomic mass is 16.5. The molecule has 3 heterocycles. The molecule has 144 valence electrons. The van der Waals surface area contributed by atoms with Crippen LogP contribution in [0.2, 0.25) is 0 Å². The van der Waals surface area contributed by atoms with Gasteiger partial charge in [-0.05, 0) is 25.0 Å². The summed E-state index contributed by atoms with van der Waals surface area (Å²) in [6.07, 6.45) is 1.58. The fraction of sp³-hybridized carbons (Fsp3) is 0.526. The summed E-state index contributed by atoms with van der Waals surface area (Å²) in [7, 11) is 1.54. The number of fused-ring (bicyclic) bond motifs is 1. The van der Waals surface area contributed by atoms with E-state index < -0.39 is 0 Å². The van der Waals surface area contributed by atoms with E-state index in [9.17, 15) is 4.79 Å². The lowest BCUT2D eigenvalue weighted by Crippen LogP contribution is -2.52. The van der Waals surface area contributed by atoms with Crippen molar-refractivity contribution in [1.29, 1.82) is 0 Å². The molecule has 27 heavy (non-hydrogen) atoms. The van der Waals surface area contributed by atoms with Gasteiger partial charge in [0.2, 0.25) is 5.91 Å². The largest absolute Gasteiger partial charge is 0.487 e. The number of rotatable bonds is 5. The minimum absolute atomic E-state index is 0.0324. The van der Waals surface area contributed by atoms with Crippen molar-refractivity contribution < 1.29 is 19.0 Å². The van der Waals surface area contributed by atoms with E-state index in [-0.39, 0.29) is 18.1 Å². The van der Waals surface area contributed by atoms with Gasteiger partial charge >= 0.3 is 0 Å². The Morgan fingerprint density at radius 1 is 1.26 bits per heavy atom. The predicted octanol–water partition coefficient (Wildman–Crippen LogP) is 1.39. The lowest BCUT2D eigenvalue weighted by Gasteiger charge is -2.43. The number of amides is 1. The molecule has 1 amide bonds. The number of nitrogens with zero attached hydrogens (tertiary/aromatic N) is 4. The average Bonchev–Trinajstić information content (AvgIpc) is 3.09. The van der Waals surface area contributed by atoms with Crippen LogP contribution in [0.25, 0.3) is 0 Å². The van der Waals surface area contributed by atoms with E-state index in [4.69, 9.17) is 14.2 Å². The standard InChI is InChI=1S/C19H24N4O4/c1-25-13-18(24)22-9-7-19(8-10-22)14-23-17(12-27-19)16(20-21-23)11-26-15-5-3-2-4-6-15/h2-6H,7-14H2,1H3. The maximum Gasteiger partial charge on any atom is 0.248 e. The maximum absolute atomic E-state index is 12.0. The smallest absolute Gasteiger partial charge is 0.248 e. The fourth-order valence-corrected chi connectivity index (χ4v) is 3.65. The molecule has 1 fully saturated rings. The molecule has 0 atom stereocenters. The summed E-state index contributed by atoms with van der Waals surface area (Å²) >= 11 is 0. The van der Waals surface area contributed by atoms with E-state index in [0.717, 1.165) is 30.0 Å². The molecule has 0 N–H and O–H groups in total. The summed E-state index contributed by atoms with van der Waals surface area (Å²) in [5.74, 6) is 0.838. The maximum atomic E-state index is 12.0. The number of para-hydroxylation sites is 1. The Morgan fingerprint density at radius 2 is 2.04 bits per heavy atom. The third-order valence-corrected chi connectivity index (χ3v) is 5.29. The monoisotopic (exact) mass is 372 g/mol. The summed E-state index contributed by atoms with van der Waals surface area (Å²) < 4.78 is 18.9. The first-order valence-electron chi connectivity index (χ1n) is 9.19. The average molecular weight is 372 g/mol. The minimum atomic E-state index is -0.276. The first kappa shape index (κ1) is 17.9. The highest BCUT2D eigenvalue weighted by molar-refractivity contribution is 5.77. The second-order valence-electron chi connectivity index (χ2n) is 7.03. The van der Waals surface area contributed by atoms with Crippen molar-refractivity contribution in [3.63, 3.8) is 0 Å². The quantitative estimate of drug-likeness (QED) is 0.789. The number of aromatic nitrogens is 3. The Hall–Kier alpha value is -2.45. The van der Waals surface area contributed by atoms with Gasteiger partial charge in [-0.25, -0.2) is 4.68 Å². The van der Waals surface area contributed by atoms with Crippen LogP contribution in [0, 0.1) is 0 Å². The lowest BCUT2D eigenvalue weighted by molar-refractivity contribution is -0.149. The van der Waals surface area contributed by atoms with E-state index in [0.29, 0.717) is 32.8 Å². The molecule has 0 radical (unpaired) electrons. The number of piperidine rings is 1. The van der Waals surface area contributed by atoms with E-state index in [2.05, 4.69) is 10.3 Å². The number of hydrogen-bond acceptors (Lipinski definition) is 6. The molecular weight excluding hydrogens is 348 g/mol. The van der Waals surface area contributed by atoms with Crippen LogP contribution in [0.15, 0.2) is 30.3 Å². The Labute approximate surface area is 158 Å². The summed E-state index contributed by atoms with van der Waals surface area (Å²) in [6.45, 7) is 2.98. The van der Waals surface area contributed by atoms with E-state index in [1.807, 2.05) is 39.9 Å². The van der Waals surface area contributed by atoms with Crippen LogP contribution in [0.1, 0.15) is 24.2 Å². The third-order valence-electron chi connectivity index (χ3n) is 5.29. The van der Waals surface area contributed by atoms with Crippen molar-refractivity contribution in [3.8, 4) is 5.75 Å². The van der Waals surface area contributed by atoms with Crippen molar-refractivity contribution in [2.45, 2.75) is 38.2 Å². The fourth-order valence-electron chi connectivity index (χ4n) is 3.65. The number of carbonyl (C=O) groups excluding carboxylic acids is 1. The molecule has 1 aromatic carbocycles. The number of hydrogen-bond donors (Lipinski definition) is 0. The molecule has 1 aromatic heterocycles. The zero-order valence-electron chi connectivity index (χ0n) is 15.5. The topological polar surface area (TPSA) is 78.7 Å². The Bertz CT molecular complexity index is 784. The molecule has 4 rings (SSSR count). The van der Waals surface area contributed by atoms with E-state index >= 15 is 0 Å². The zero-order valence-corrected chi connectivity index (χ0v) is 15.5. The number of methoxy groups -OCH3 is 1. The van der Waals surface area contributed by atoms with Gasteiger partial charge < -0.3 is 19.1 Å². The van der Waals surface area contributed by atoms with Crippen LogP contribution in [0.4, 0.5) is 0 Å². The summed E-state index contributed by atoms with van der Waals surface area (Å²) in [6, 6.07) is 9.66. The number of carbonyl (C=O) groups is 1. The highest BCUT2D eigenvalue weighted by Gasteiger charge is 2.41. The van der Waals surface area contributed by atoms with E-state index in [1.54, 1.807) is 7.11 Å². The predicted molar refractivity (Wildman–Crippen MR) is 96.0 cm³/mol. The van der Waals surface area contributed by atoms with Crippen molar-refractivity contribution in [1.82, 2.24) is 19.9 Å². The van der Waals surface area contributed by atoms with Crippen LogP contribution in [0.3, 0.4) is 0 Å². The zero-order chi connectivity index (χ0) is 18.7. The van der Waals surface area contributed by atoms with Gasteiger partial charge in [0.05, 0.1) is 24.4 Å². The number of likely N-dealkylation sites (tertiary alicyclic amines) is 1. The number of benzene rings is 1. The normalized spacial score (nSPS) is 18.3.